The average molecular weight is 493 g/mol. The second-order valence-corrected chi connectivity index (χ2v) is 11.1. The lowest BCUT2D eigenvalue weighted by atomic mass is 9.90. The summed E-state index contributed by atoms with van der Waals surface area (Å²) in [7, 11) is 1.71. The molecule has 6 heterocycles. The zero-order valence-corrected chi connectivity index (χ0v) is 21.6. The van der Waals surface area contributed by atoms with Gasteiger partial charge in [0.15, 0.2) is 11.4 Å². The molecule has 2 aliphatic heterocycles. The summed E-state index contributed by atoms with van der Waals surface area (Å²) in [6.45, 7) is 9.98. The minimum absolute atomic E-state index is 0.0964. The number of nitrogens with one attached hydrogen (secondary N) is 2. The third kappa shape index (κ3) is 3.63. The van der Waals surface area contributed by atoms with Gasteiger partial charge in [0, 0.05) is 41.1 Å². The number of thiophene rings is 1. The van der Waals surface area contributed by atoms with Gasteiger partial charge in [-0.2, -0.15) is 5.10 Å². The first-order valence-corrected chi connectivity index (χ1v) is 13.3. The van der Waals surface area contributed by atoms with Gasteiger partial charge in [0.05, 0.1) is 18.8 Å². The maximum Gasteiger partial charge on any atom is 0.233 e. The van der Waals surface area contributed by atoms with Crippen LogP contribution in [0, 0.1) is 6.92 Å². The molecule has 184 valence electrons. The van der Waals surface area contributed by atoms with E-state index < -0.39 is 0 Å². The molecule has 4 aromatic heterocycles. The highest BCUT2D eigenvalue weighted by Gasteiger charge is 2.30. The summed E-state index contributed by atoms with van der Waals surface area (Å²) in [5, 5.41) is 8.53. The second kappa shape index (κ2) is 8.64. The molecule has 2 aliphatic rings. The summed E-state index contributed by atoms with van der Waals surface area (Å²) in [6, 6.07) is 0. The van der Waals surface area contributed by atoms with Crippen LogP contribution < -0.4 is 10.1 Å². The number of carbonyl (C=O) groups excluding carboxylic acids is 1. The largest absolute Gasteiger partial charge is 0.489 e. The van der Waals surface area contributed by atoms with Crippen LogP contribution in [0.2, 0.25) is 0 Å². The van der Waals surface area contributed by atoms with E-state index in [4.69, 9.17) is 4.74 Å². The molecule has 9 heteroatoms. The number of hydrogen-bond acceptors (Lipinski definition) is 6. The quantitative estimate of drug-likeness (QED) is 0.435. The van der Waals surface area contributed by atoms with Crippen LogP contribution in [0.15, 0.2) is 12.5 Å². The third-order valence-corrected chi connectivity index (χ3v) is 9.01. The zero-order valence-electron chi connectivity index (χ0n) is 20.8. The molecule has 4 aromatic rings. The molecule has 0 saturated carbocycles. The van der Waals surface area contributed by atoms with Crippen LogP contribution in [0.5, 0.6) is 5.75 Å². The van der Waals surface area contributed by atoms with Crippen molar-refractivity contribution in [1.29, 1.82) is 0 Å². The van der Waals surface area contributed by atoms with E-state index in [1.165, 1.54) is 43.0 Å². The number of fused-ring (bicyclic) bond motifs is 4. The summed E-state index contributed by atoms with van der Waals surface area (Å²) in [5.41, 5.74) is 7.17. The summed E-state index contributed by atoms with van der Waals surface area (Å²) in [4.78, 5) is 25.0. The van der Waals surface area contributed by atoms with Crippen molar-refractivity contribution in [2.45, 2.75) is 51.9 Å². The van der Waals surface area contributed by atoms with Gasteiger partial charge < -0.3 is 15.0 Å². The number of H-pyrrole nitrogens is 1. The number of hydrogen-bond donors (Lipinski definition) is 2. The Kier molecular flexibility index (Phi) is 5.56. The Morgan fingerprint density at radius 2 is 2.14 bits per heavy atom. The number of nitrogens with zero attached hydrogens (tertiary/aromatic N) is 4. The van der Waals surface area contributed by atoms with Gasteiger partial charge in [0.1, 0.15) is 11.2 Å². The van der Waals surface area contributed by atoms with Crippen LogP contribution >= 0.6 is 11.3 Å². The molecule has 0 radical (unpaired) electrons. The highest BCUT2D eigenvalue weighted by atomic mass is 32.1. The molecular weight excluding hydrogens is 460 g/mol. The monoisotopic (exact) mass is 492 g/mol. The van der Waals surface area contributed by atoms with Gasteiger partial charge in [-0.05, 0) is 55.8 Å². The van der Waals surface area contributed by atoms with E-state index in [0.29, 0.717) is 25.0 Å². The van der Waals surface area contributed by atoms with Crippen LogP contribution in [0.25, 0.3) is 27.1 Å². The van der Waals surface area contributed by atoms with Crippen molar-refractivity contribution < 1.29 is 9.53 Å². The van der Waals surface area contributed by atoms with E-state index >= 15 is 0 Å². The molecule has 1 fully saturated rings. The molecule has 0 atom stereocenters. The highest BCUT2D eigenvalue weighted by molar-refractivity contribution is 7.19. The first-order valence-electron chi connectivity index (χ1n) is 12.5. The molecule has 1 saturated heterocycles. The van der Waals surface area contributed by atoms with E-state index in [1.807, 2.05) is 15.9 Å². The molecule has 0 aliphatic carbocycles. The normalized spacial score (nSPS) is 16.9. The van der Waals surface area contributed by atoms with E-state index in [-0.39, 0.29) is 5.91 Å². The number of aryl methyl sites for hydroxylation is 1. The molecule has 0 spiro atoms. The number of carbonyl (C=O) groups is 1. The van der Waals surface area contributed by atoms with Crippen molar-refractivity contribution in [3.05, 3.63) is 34.1 Å². The Bertz CT molecular complexity index is 1420. The average Bonchev–Trinajstić information content (AvgIpc) is 3.62. The fraction of sp³-hybridized carbons (Fsp3) is 0.500. The molecule has 0 aromatic carbocycles. The number of amides is 1. The first-order chi connectivity index (χ1) is 17.0. The standard InChI is InChI=1S/C26H32N6O2S/c1-14(2)20-21-15(3)24(16-5-8-31(9-6-16)12-19(33)27-4)35-26(21)30-22(20)18-11-32-25(28-13-29-32)23-17(18)7-10-34-23/h11,13-14,16,30H,5-10,12H2,1-4H3,(H,27,33). The second-order valence-electron chi connectivity index (χ2n) is 10.1. The molecule has 35 heavy (non-hydrogen) atoms. The highest BCUT2D eigenvalue weighted by Crippen LogP contribution is 2.47. The zero-order chi connectivity index (χ0) is 24.3. The van der Waals surface area contributed by atoms with Crippen LogP contribution in [0.3, 0.4) is 0 Å². The summed E-state index contributed by atoms with van der Waals surface area (Å²) in [6.07, 6.45) is 6.78. The summed E-state index contributed by atoms with van der Waals surface area (Å²) < 4.78 is 7.82. The Labute approximate surface area is 208 Å². The Hall–Kier alpha value is -2.91. The van der Waals surface area contributed by atoms with Crippen LogP contribution in [-0.4, -0.2) is 63.7 Å². The van der Waals surface area contributed by atoms with E-state index in [2.05, 4.69) is 52.3 Å². The molecule has 0 unspecified atom stereocenters. The van der Waals surface area contributed by atoms with Crippen molar-refractivity contribution in [2.24, 2.45) is 0 Å². The Morgan fingerprint density at radius 1 is 1.34 bits per heavy atom. The van der Waals surface area contributed by atoms with Crippen LogP contribution in [-0.2, 0) is 11.2 Å². The molecule has 6 rings (SSSR count). The SMILES string of the molecule is CNC(=O)CN1CCC(c2sc3[nH]c(-c4cn5ncnc5c5c4CCO5)c(C(C)C)c3c2C)CC1. The number of piperidine rings is 1. The minimum Gasteiger partial charge on any atom is -0.489 e. The Morgan fingerprint density at radius 3 is 2.89 bits per heavy atom. The molecule has 8 nitrogen and oxygen atoms in total. The number of ether oxygens (including phenoxy) is 1. The topological polar surface area (TPSA) is 87.6 Å². The smallest absolute Gasteiger partial charge is 0.233 e. The fourth-order valence-electron chi connectivity index (χ4n) is 5.90. The van der Waals surface area contributed by atoms with Gasteiger partial charge in [-0.25, -0.2) is 9.50 Å². The van der Waals surface area contributed by atoms with E-state index in [1.54, 1.807) is 13.4 Å². The number of pyridine rings is 1. The lowest BCUT2D eigenvalue weighted by Crippen LogP contribution is -2.40. The minimum atomic E-state index is 0.0964. The van der Waals surface area contributed by atoms with Gasteiger partial charge >= 0.3 is 0 Å². The number of aromatic amines is 1. The Balaban J connectivity index is 1.39. The molecular formula is C26H32N6O2S. The number of aromatic nitrogens is 4. The van der Waals surface area contributed by atoms with Gasteiger partial charge in [0.25, 0.3) is 0 Å². The lowest BCUT2D eigenvalue weighted by Gasteiger charge is -2.31. The van der Waals surface area contributed by atoms with Crippen molar-refractivity contribution in [2.75, 3.05) is 33.3 Å². The number of likely N-dealkylation sites (tertiary alicyclic amines) is 1. The summed E-state index contributed by atoms with van der Waals surface area (Å²) >= 11 is 1.92. The van der Waals surface area contributed by atoms with Crippen molar-refractivity contribution in [3.8, 4) is 17.0 Å². The van der Waals surface area contributed by atoms with Gasteiger partial charge in [-0.1, -0.05) is 13.8 Å². The number of likely N-dealkylation sites (N-methyl/N-ethyl adjacent to an activating group) is 1. The lowest BCUT2D eigenvalue weighted by molar-refractivity contribution is -0.122. The third-order valence-electron chi connectivity index (χ3n) is 7.64. The summed E-state index contributed by atoms with van der Waals surface area (Å²) in [5.74, 6) is 1.89. The van der Waals surface area contributed by atoms with Gasteiger partial charge in [-0.15, -0.1) is 11.3 Å². The maximum atomic E-state index is 11.8. The predicted molar refractivity (Wildman–Crippen MR) is 139 cm³/mol. The number of rotatable bonds is 5. The molecule has 0 bridgehead atoms. The molecule has 2 N–H and O–H groups in total. The van der Waals surface area contributed by atoms with Crippen molar-refractivity contribution in [3.63, 3.8) is 0 Å². The molecule has 1 amide bonds. The maximum absolute atomic E-state index is 11.8. The van der Waals surface area contributed by atoms with Crippen molar-refractivity contribution >= 4 is 33.1 Å². The van der Waals surface area contributed by atoms with Crippen LogP contribution in [0.4, 0.5) is 0 Å². The predicted octanol–water partition coefficient (Wildman–Crippen LogP) is 4.23. The van der Waals surface area contributed by atoms with Gasteiger partial charge in [-0.3, -0.25) is 9.69 Å². The van der Waals surface area contributed by atoms with E-state index in [9.17, 15) is 4.79 Å². The van der Waals surface area contributed by atoms with Crippen molar-refractivity contribution in [1.82, 2.24) is 29.8 Å². The first kappa shape index (κ1) is 22.5. The fourth-order valence-corrected chi connectivity index (χ4v) is 7.29. The van der Waals surface area contributed by atoms with E-state index in [0.717, 1.165) is 43.7 Å². The van der Waals surface area contributed by atoms with Gasteiger partial charge in [0.2, 0.25) is 5.91 Å². The van der Waals surface area contributed by atoms with Crippen LogP contribution in [0.1, 0.15) is 60.1 Å².